The molecular weight excluding hydrogens is 294 g/mol. The van der Waals surface area contributed by atoms with Crippen LogP contribution in [0.25, 0.3) is 0 Å². The van der Waals surface area contributed by atoms with E-state index in [0.717, 1.165) is 19.4 Å². The van der Waals surface area contributed by atoms with Crippen LogP contribution in [0, 0.1) is 11.8 Å². The van der Waals surface area contributed by atoms with Gasteiger partial charge in [0.05, 0.1) is 6.10 Å². The number of likely N-dealkylation sites (tertiary alicyclic amines) is 1. The molecule has 3 atom stereocenters. The van der Waals surface area contributed by atoms with Crippen molar-refractivity contribution in [3.63, 3.8) is 0 Å². The van der Waals surface area contributed by atoms with Crippen LogP contribution in [0.5, 0.6) is 0 Å². The topological polar surface area (TPSA) is 81.7 Å². The predicted octanol–water partition coefficient (Wildman–Crippen LogP) is -0.248. The number of carbonyl (C=O) groups excluding carboxylic acids is 2. The lowest BCUT2D eigenvalue weighted by Gasteiger charge is -2.26. The van der Waals surface area contributed by atoms with Gasteiger partial charge in [0.25, 0.3) is 0 Å². The highest BCUT2D eigenvalue weighted by Crippen LogP contribution is 2.20. The fourth-order valence-electron chi connectivity index (χ4n) is 2.91. The van der Waals surface area contributed by atoms with E-state index in [4.69, 9.17) is 0 Å². The fraction of sp³-hybridized carbons (Fsp3) is 0.857. The van der Waals surface area contributed by atoms with Crippen LogP contribution < -0.4 is 10.6 Å². The van der Waals surface area contributed by atoms with Crippen molar-refractivity contribution >= 4 is 24.2 Å². The number of nitrogens with zero attached hydrogens (tertiary/aromatic N) is 1. The molecule has 0 aromatic rings. The van der Waals surface area contributed by atoms with Gasteiger partial charge < -0.3 is 20.6 Å². The Labute approximate surface area is 132 Å². The van der Waals surface area contributed by atoms with Crippen molar-refractivity contribution < 1.29 is 14.7 Å². The highest BCUT2D eigenvalue weighted by Gasteiger charge is 2.35. The molecule has 2 saturated heterocycles. The SMILES string of the molecule is CC(C)C(=O)N1CCCC1C(=O)NCC1CNCC1O.Cl. The minimum atomic E-state index is -0.396. The first-order valence-corrected chi connectivity index (χ1v) is 7.47. The molecule has 122 valence electrons. The van der Waals surface area contributed by atoms with Crippen molar-refractivity contribution in [2.45, 2.75) is 38.8 Å². The van der Waals surface area contributed by atoms with Crippen molar-refractivity contribution in [2.24, 2.45) is 11.8 Å². The second-order valence-electron chi connectivity index (χ2n) is 6.08. The molecule has 6 nitrogen and oxygen atoms in total. The summed E-state index contributed by atoms with van der Waals surface area (Å²) < 4.78 is 0. The van der Waals surface area contributed by atoms with Crippen LogP contribution in [0.2, 0.25) is 0 Å². The molecule has 21 heavy (non-hydrogen) atoms. The largest absolute Gasteiger partial charge is 0.391 e. The summed E-state index contributed by atoms with van der Waals surface area (Å²) in [6, 6.07) is -0.337. The molecule has 0 bridgehead atoms. The first-order valence-electron chi connectivity index (χ1n) is 7.47. The van der Waals surface area contributed by atoms with E-state index < -0.39 is 6.10 Å². The van der Waals surface area contributed by atoms with E-state index in [1.165, 1.54) is 0 Å². The number of aliphatic hydroxyl groups excluding tert-OH is 1. The summed E-state index contributed by atoms with van der Waals surface area (Å²) in [5.74, 6) is -0.0559. The van der Waals surface area contributed by atoms with Gasteiger partial charge in [-0.2, -0.15) is 0 Å². The Balaban J connectivity index is 0.00000220. The fourth-order valence-corrected chi connectivity index (χ4v) is 2.91. The van der Waals surface area contributed by atoms with Gasteiger partial charge >= 0.3 is 0 Å². The monoisotopic (exact) mass is 319 g/mol. The van der Waals surface area contributed by atoms with E-state index in [9.17, 15) is 14.7 Å². The summed E-state index contributed by atoms with van der Waals surface area (Å²) >= 11 is 0. The second-order valence-corrected chi connectivity index (χ2v) is 6.08. The molecule has 7 heteroatoms. The van der Waals surface area contributed by atoms with E-state index >= 15 is 0 Å². The third-order valence-electron chi connectivity index (χ3n) is 4.18. The molecule has 2 amide bonds. The van der Waals surface area contributed by atoms with E-state index in [1.54, 1.807) is 4.90 Å². The maximum Gasteiger partial charge on any atom is 0.242 e. The summed E-state index contributed by atoms with van der Waals surface area (Å²) in [5, 5.41) is 15.7. The van der Waals surface area contributed by atoms with Crippen LogP contribution in [0.1, 0.15) is 26.7 Å². The smallest absolute Gasteiger partial charge is 0.242 e. The minimum Gasteiger partial charge on any atom is -0.391 e. The van der Waals surface area contributed by atoms with Gasteiger partial charge in [-0.15, -0.1) is 12.4 Å². The Hall–Kier alpha value is -0.850. The van der Waals surface area contributed by atoms with E-state index in [0.29, 0.717) is 19.6 Å². The van der Waals surface area contributed by atoms with E-state index in [2.05, 4.69) is 10.6 Å². The Morgan fingerprint density at radius 1 is 1.38 bits per heavy atom. The van der Waals surface area contributed by atoms with Gasteiger partial charge in [-0.25, -0.2) is 0 Å². The summed E-state index contributed by atoms with van der Waals surface area (Å²) in [5.41, 5.74) is 0. The van der Waals surface area contributed by atoms with Crippen LogP contribution >= 0.6 is 12.4 Å². The normalized spacial score (nSPS) is 28.6. The third kappa shape index (κ3) is 4.31. The van der Waals surface area contributed by atoms with Gasteiger partial charge in [0, 0.05) is 38.0 Å². The molecular formula is C14H26ClN3O3. The van der Waals surface area contributed by atoms with Gasteiger partial charge in [0.2, 0.25) is 11.8 Å². The maximum atomic E-state index is 12.2. The molecule has 2 heterocycles. The van der Waals surface area contributed by atoms with Gasteiger partial charge in [0.1, 0.15) is 6.04 Å². The summed E-state index contributed by atoms with van der Waals surface area (Å²) in [7, 11) is 0. The molecule has 0 aromatic heterocycles. The molecule has 0 aromatic carbocycles. The Morgan fingerprint density at radius 2 is 2.10 bits per heavy atom. The lowest BCUT2D eigenvalue weighted by molar-refractivity contribution is -0.140. The summed E-state index contributed by atoms with van der Waals surface area (Å²) in [4.78, 5) is 26.0. The minimum absolute atomic E-state index is 0. The first kappa shape index (κ1) is 18.2. The number of nitrogens with one attached hydrogen (secondary N) is 2. The van der Waals surface area contributed by atoms with Gasteiger partial charge in [-0.05, 0) is 12.8 Å². The molecule has 2 rings (SSSR count). The Morgan fingerprint density at radius 3 is 2.67 bits per heavy atom. The van der Waals surface area contributed by atoms with E-state index in [-0.39, 0.29) is 42.1 Å². The standard InChI is InChI=1S/C14H25N3O3.ClH/c1-9(2)14(20)17-5-3-4-11(17)13(19)16-7-10-6-15-8-12(10)18;/h9-12,15,18H,3-8H2,1-2H3,(H,16,19);1H. The molecule has 2 aliphatic heterocycles. The van der Waals surface area contributed by atoms with Crippen molar-refractivity contribution in [3.05, 3.63) is 0 Å². The summed E-state index contributed by atoms with van der Waals surface area (Å²) in [6.45, 7) is 6.16. The molecule has 0 radical (unpaired) electrons. The van der Waals surface area contributed by atoms with Crippen LogP contribution in [-0.2, 0) is 9.59 Å². The summed E-state index contributed by atoms with van der Waals surface area (Å²) in [6.07, 6.45) is 1.21. The van der Waals surface area contributed by atoms with Crippen LogP contribution in [0.15, 0.2) is 0 Å². The molecule has 3 unspecified atom stereocenters. The molecule has 2 fully saturated rings. The van der Waals surface area contributed by atoms with E-state index in [1.807, 2.05) is 13.8 Å². The van der Waals surface area contributed by atoms with Gasteiger partial charge in [-0.1, -0.05) is 13.8 Å². The van der Waals surface area contributed by atoms with Crippen LogP contribution in [-0.4, -0.2) is 60.1 Å². The number of β-amino-alcohol motifs (C(OH)–C–C–N with tert-alkyl or cyclic N) is 1. The zero-order valence-electron chi connectivity index (χ0n) is 12.7. The molecule has 0 aliphatic carbocycles. The lowest BCUT2D eigenvalue weighted by atomic mass is 10.1. The molecule has 3 N–H and O–H groups in total. The first-order chi connectivity index (χ1) is 9.50. The van der Waals surface area contributed by atoms with Crippen molar-refractivity contribution in [1.29, 1.82) is 0 Å². The average molecular weight is 320 g/mol. The second kappa shape index (κ2) is 7.96. The Bertz CT molecular complexity index is 378. The zero-order valence-corrected chi connectivity index (χ0v) is 13.5. The zero-order chi connectivity index (χ0) is 14.7. The predicted molar refractivity (Wildman–Crippen MR) is 82.2 cm³/mol. The highest BCUT2D eigenvalue weighted by molar-refractivity contribution is 5.88. The van der Waals surface area contributed by atoms with Gasteiger partial charge in [0.15, 0.2) is 0 Å². The molecule has 0 spiro atoms. The number of aliphatic hydroxyl groups is 1. The number of halogens is 1. The highest BCUT2D eigenvalue weighted by atomic mass is 35.5. The van der Waals surface area contributed by atoms with Crippen molar-refractivity contribution in [3.8, 4) is 0 Å². The number of carbonyl (C=O) groups is 2. The van der Waals surface area contributed by atoms with Crippen LogP contribution in [0.4, 0.5) is 0 Å². The number of rotatable bonds is 4. The van der Waals surface area contributed by atoms with Crippen LogP contribution in [0.3, 0.4) is 0 Å². The third-order valence-corrected chi connectivity index (χ3v) is 4.18. The lowest BCUT2D eigenvalue weighted by Crippen LogP contribution is -2.48. The van der Waals surface area contributed by atoms with Gasteiger partial charge in [-0.3, -0.25) is 9.59 Å². The quantitative estimate of drug-likeness (QED) is 0.667. The molecule has 0 saturated carbocycles. The van der Waals surface area contributed by atoms with Crippen molar-refractivity contribution in [2.75, 3.05) is 26.2 Å². The maximum absolute atomic E-state index is 12.2. The Kier molecular flexibility index (Phi) is 6.90. The number of amides is 2. The average Bonchev–Trinajstić information content (AvgIpc) is 3.03. The molecule has 2 aliphatic rings. The number of hydrogen-bond donors (Lipinski definition) is 3. The van der Waals surface area contributed by atoms with Crippen molar-refractivity contribution in [1.82, 2.24) is 15.5 Å². The number of hydrogen-bond acceptors (Lipinski definition) is 4.